The highest BCUT2D eigenvalue weighted by Crippen LogP contribution is 2.29. The summed E-state index contributed by atoms with van der Waals surface area (Å²) in [6.07, 6.45) is 1.51. The number of ether oxygens (including phenoxy) is 2. The minimum absolute atomic E-state index is 0.324. The van der Waals surface area contributed by atoms with Crippen molar-refractivity contribution in [2.45, 2.75) is 33.4 Å². The van der Waals surface area contributed by atoms with E-state index in [1.54, 1.807) is 37.3 Å². The van der Waals surface area contributed by atoms with Crippen LogP contribution in [0.1, 0.15) is 40.9 Å². The second kappa shape index (κ2) is 12.2. The fourth-order valence-electron chi connectivity index (χ4n) is 3.04. The van der Waals surface area contributed by atoms with Crippen molar-refractivity contribution in [1.82, 2.24) is 10.7 Å². The van der Waals surface area contributed by atoms with Gasteiger partial charge in [-0.25, -0.2) is 5.43 Å². The average molecular weight is 460 g/mol. The third-order valence-electron chi connectivity index (χ3n) is 4.95. The van der Waals surface area contributed by atoms with E-state index < -0.39 is 11.9 Å². The number of aryl methyl sites for hydroxylation is 1. The predicted molar refractivity (Wildman–Crippen MR) is 132 cm³/mol. The van der Waals surface area contributed by atoms with E-state index in [1.807, 2.05) is 56.3 Å². The smallest absolute Gasteiger partial charge is 0.262 e. The number of benzene rings is 3. The first-order valence-electron chi connectivity index (χ1n) is 11.1. The van der Waals surface area contributed by atoms with Crippen molar-refractivity contribution in [3.05, 3.63) is 95.1 Å². The molecule has 2 amide bonds. The average Bonchev–Trinajstić information content (AvgIpc) is 2.85. The van der Waals surface area contributed by atoms with Gasteiger partial charge in [-0.15, -0.1) is 0 Å². The molecule has 0 aliphatic carbocycles. The molecule has 3 aromatic rings. The maximum Gasteiger partial charge on any atom is 0.262 e. The summed E-state index contributed by atoms with van der Waals surface area (Å²) in [5, 5.41) is 6.65. The fraction of sp³-hybridized carbons (Fsp3) is 0.222. The molecule has 0 aromatic heterocycles. The number of amides is 2. The lowest BCUT2D eigenvalue weighted by atomic mass is 10.2. The largest absolute Gasteiger partial charge is 0.490 e. The predicted octanol–water partition coefficient (Wildman–Crippen LogP) is 4.24. The zero-order chi connectivity index (χ0) is 24.3. The summed E-state index contributed by atoms with van der Waals surface area (Å²) in [6.45, 7) is 6.45. The second-order valence-electron chi connectivity index (χ2n) is 7.71. The topological polar surface area (TPSA) is 89.0 Å². The van der Waals surface area contributed by atoms with Crippen LogP contribution in [-0.2, 0) is 11.4 Å². The molecule has 34 heavy (non-hydrogen) atoms. The molecule has 7 heteroatoms. The van der Waals surface area contributed by atoms with E-state index in [0.29, 0.717) is 30.3 Å². The molecule has 0 heterocycles. The maximum absolute atomic E-state index is 12.3. The molecule has 3 rings (SSSR count). The van der Waals surface area contributed by atoms with Gasteiger partial charge in [0.25, 0.3) is 11.8 Å². The fourth-order valence-corrected chi connectivity index (χ4v) is 3.04. The van der Waals surface area contributed by atoms with Gasteiger partial charge in [0, 0.05) is 5.56 Å². The van der Waals surface area contributed by atoms with Gasteiger partial charge in [-0.2, -0.15) is 5.10 Å². The van der Waals surface area contributed by atoms with E-state index in [-0.39, 0.29) is 5.91 Å². The van der Waals surface area contributed by atoms with Crippen molar-refractivity contribution >= 4 is 18.0 Å². The molecule has 0 saturated carbocycles. The number of carbonyl (C=O) groups is 2. The molecular formula is C27H29N3O4. The highest BCUT2D eigenvalue weighted by molar-refractivity contribution is 5.97. The van der Waals surface area contributed by atoms with E-state index in [2.05, 4.69) is 15.8 Å². The van der Waals surface area contributed by atoms with Crippen LogP contribution in [0.2, 0.25) is 0 Å². The number of carbonyl (C=O) groups excluding carboxylic acids is 2. The number of nitrogens with one attached hydrogen (secondary N) is 2. The van der Waals surface area contributed by atoms with E-state index in [0.717, 1.165) is 11.1 Å². The van der Waals surface area contributed by atoms with Crippen LogP contribution < -0.4 is 20.2 Å². The zero-order valence-electron chi connectivity index (χ0n) is 19.6. The van der Waals surface area contributed by atoms with Crippen LogP contribution in [0.15, 0.2) is 77.9 Å². The van der Waals surface area contributed by atoms with E-state index in [9.17, 15) is 9.59 Å². The molecule has 176 valence electrons. The van der Waals surface area contributed by atoms with E-state index >= 15 is 0 Å². The van der Waals surface area contributed by atoms with Crippen molar-refractivity contribution in [3.63, 3.8) is 0 Å². The van der Waals surface area contributed by atoms with Gasteiger partial charge in [-0.1, -0.05) is 48.0 Å². The highest BCUT2D eigenvalue weighted by Gasteiger charge is 2.16. The first-order valence-corrected chi connectivity index (χ1v) is 11.1. The SMILES string of the molecule is CCOc1cc(/C=N\NC(=O)[C@H](C)NC(=O)c2ccccc2)ccc1OCc1ccc(C)cc1. The molecule has 0 unspecified atom stereocenters. The second-order valence-corrected chi connectivity index (χ2v) is 7.71. The van der Waals surface area contributed by atoms with E-state index in [1.165, 1.54) is 11.8 Å². The number of nitrogens with zero attached hydrogens (tertiary/aromatic N) is 1. The summed E-state index contributed by atoms with van der Waals surface area (Å²) < 4.78 is 11.7. The standard InChI is InChI=1S/C27H29N3O4/c1-4-33-25-16-22(14-15-24(25)34-18-21-12-10-19(2)11-13-21)17-28-30-26(31)20(3)29-27(32)23-8-6-5-7-9-23/h5-17,20H,4,18H2,1-3H3,(H,29,32)(H,30,31)/b28-17-/t20-/m0/s1. The minimum atomic E-state index is -0.749. The van der Waals surface area contributed by atoms with Crippen molar-refractivity contribution in [2.24, 2.45) is 5.10 Å². The van der Waals surface area contributed by atoms with Crippen LogP contribution in [0.3, 0.4) is 0 Å². The van der Waals surface area contributed by atoms with Gasteiger partial charge in [0.2, 0.25) is 0 Å². The molecule has 1 atom stereocenters. The number of hydrogen-bond acceptors (Lipinski definition) is 5. The van der Waals surface area contributed by atoms with Gasteiger partial charge in [-0.05, 0) is 62.2 Å². The molecule has 0 radical (unpaired) electrons. The van der Waals surface area contributed by atoms with Crippen LogP contribution in [0.25, 0.3) is 0 Å². The van der Waals surface area contributed by atoms with Crippen molar-refractivity contribution in [2.75, 3.05) is 6.61 Å². The molecule has 0 fully saturated rings. The number of rotatable bonds is 10. The molecule has 0 spiro atoms. The van der Waals surface area contributed by atoms with Crippen molar-refractivity contribution < 1.29 is 19.1 Å². The Morgan fingerprint density at radius 3 is 2.41 bits per heavy atom. The van der Waals surface area contributed by atoms with Gasteiger partial charge >= 0.3 is 0 Å². The summed E-state index contributed by atoms with van der Waals surface area (Å²) in [4.78, 5) is 24.5. The van der Waals surface area contributed by atoms with Crippen LogP contribution in [-0.4, -0.2) is 30.7 Å². The summed E-state index contributed by atoms with van der Waals surface area (Å²) in [6, 6.07) is 21.5. The Labute approximate surface area is 199 Å². The molecule has 0 aliphatic heterocycles. The number of hydrazone groups is 1. The van der Waals surface area contributed by atoms with Gasteiger partial charge in [0.15, 0.2) is 11.5 Å². The number of hydrogen-bond donors (Lipinski definition) is 2. The Morgan fingerprint density at radius 1 is 0.971 bits per heavy atom. The minimum Gasteiger partial charge on any atom is -0.490 e. The summed E-state index contributed by atoms with van der Waals surface area (Å²) in [5.74, 6) is 0.465. The summed E-state index contributed by atoms with van der Waals surface area (Å²) >= 11 is 0. The molecule has 0 saturated heterocycles. The van der Waals surface area contributed by atoms with Gasteiger partial charge < -0.3 is 14.8 Å². The lowest BCUT2D eigenvalue weighted by Gasteiger charge is -2.13. The van der Waals surface area contributed by atoms with Crippen molar-refractivity contribution in [3.8, 4) is 11.5 Å². The van der Waals surface area contributed by atoms with Crippen LogP contribution in [0.5, 0.6) is 11.5 Å². The van der Waals surface area contributed by atoms with E-state index in [4.69, 9.17) is 9.47 Å². The van der Waals surface area contributed by atoms with Crippen LogP contribution in [0, 0.1) is 6.92 Å². The first-order chi connectivity index (χ1) is 16.5. The lowest BCUT2D eigenvalue weighted by molar-refractivity contribution is -0.122. The maximum atomic E-state index is 12.3. The molecule has 2 N–H and O–H groups in total. The third kappa shape index (κ3) is 7.20. The quantitative estimate of drug-likeness (QED) is 0.351. The molecule has 7 nitrogen and oxygen atoms in total. The van der Waals surface area contributed by atoms with Crippen molar-refractivity contribution in [1.29, 1.82) is 0 Å². The van der Waals surface area contributed by atoms with Gasteiger partial charge in [0.05, 0.1) is 12.8 Å². The van der Waals surface area contributed by atoms with Gasteiger partial charge in [0.1, 0.15) is 12.6 Å². The molecule has 0 aliphatic rings. The molecule has 3 aromatic carbocycles. The lowest BCUT2D eigenvalue weighted by Crippen LogP contribution is -2.43. The highest BCUT2D eigenvalue weighted by atomic mass is 16.5. The first kappa shape index (κ1) is 24.5. The monoisotopic (exact) mass is 459 g/mol. The van der Waals surface area contributed by atoms with Crippen LogP contribution >= 0.6 is 0 Å². The third-order valence-corrected chi connectivity index (χ3v) is 4.95. The molecule has 0 bridgehead atoms. The Kier molecular flexibility index (Phi) is 8.80. The molecular weight excluding hydrogens is 430 g/mol. The summed E-state index contributed by atoms with van der Waals surface area (Å²) in [7, 11) is 0. The Hall–Kier alpha value is -4.13. The Balaban J connectivity index is 1.56. The normalized spacial score (nSPS) is 11.6. The van der Waals surface area contributed by atoms with Crippen LogP contribution in [0.4, 0.5) is 0 Å². The Morgan fingerprint density at radius 2 is 1.71 bits per heavy atom. The zero-order valence-corrected chi connectivity index (χ0v) is 19.6. The Bertz CT molecular complexity index is 1130. The van der Waals surface area contributed by atoms with Gasteiger partial charge in [-0.3, -0.25) is 9.59 Å². The summed E-state index contributed by atoms with van der Waals surface area (Å²) in [5.41, 5.74) is 5.92.